The summed E-state index contributed by atoms with van der Waals surface area (Å²) >= 11 is 0. The molecule has 2 aromatic rings. The van der Waals surface area contributed by atoms with Gasteiger partial charge in [0.1, 0.15) is 21.6 Å². The third-order valence-electron chi connectivity index (χ3n) is 6.42. The average Bonchev–Trinajstić information content (AvgIpc) is 2.80. The Labute approximate surface area is 198 Å². The maximum absolute atomic E-state index is 13.6. The minimum absolute atomic E-state index is 0.0432. The number of hydrogen-bond donors (Lipinski definition) is 0. The third kappa shape index (κ3) is 4.44. The Kier molecular flexibility index (Phi) is 6.64. The van der Waals surface area contributed by atoms with E-state index in [2.05, 4.69) is 13.8 Å². The van der Waals surface area contributed by atoms with E-state index in [-0.39, 0.29) is 29.0 Å². The Morgan fingerprint density at radius 1 is 1.06 bits per heavy atom. The molecule has 0 bridgehead atoms. The second-order valence-corrected chi connectivity index (χ2v) is 12.3. The molecule has 4 rings (SSSR count). The van der Waals surface area contributed by atoms with Gasteiger partial charge >= 0.3 is 5.97 Å². The van der Waals surface area contributed by atoms with E-state index < -0.39 is 21.2 Å². The van der Waals surface area contributed by atoms with E-state index in [4.69, 9.17) is 4.74 Å². The summed E-state index contributed by atoms with van der Waals surface area (Å²) in [6.07, 6.45) is 2.03. The van der Waals surface area contributed by atoms with E-state index >= 15 is 0 Å². The molecular weight excluding hydrogens is 456 g/mol. The molecule has 0 saturated heterocycles. The molecule has 0 spiro atoms. The molecule has 2 aromatic carbocycles. The third-order valence-corrected chi connectivity index (χ3v) is 9.63. The molecule has 0 saturated carbocycles. The van der Waals surface area contributed by atoms with E-state index in [1.54, 1.807) is 36.4 Å². The molecule has 1 aliphatic carbocycles. The summed E-state index contributed by atoms with van der Waals surface area (Å²) in [7, 11) is 0.0392. The quantitative estimate of drug-likeness (QED) is 0.354. The highest BCUT2D eigenvalue weighted by Gasteiger charge is 2.35. The Morgan fingerprint density at radius 2 is 1.79 bits per heavy atom. The molecule has 1 atom stereocenters. The highest BCUT2D eigenvalue weighted by atomic mass is 32.8. The molecule has 33 heavy (non-hydrogen) atoms. The van der Waals surface area contributed by atoms with Crippen molar-refractivity contribution in [2.75, 3.05) is 5.75 Å². The summed E-state index contributed by atoms with van der Waals surface area (Å²) in [6.45, 7) is 6.15. The van der Waals surface area contributed by atoms with Crippen molar-refractivity contribution in [3.05, 3.63) is 76.1 Å². The summed E-state index contributed by atoms with van der Waals surface area (Å²) in [5, 5.41) is 0. The molecule has 2 aliphatic rings. The fourth-order valence-corrected chi connectivity index (χ4v) is 7.85. The van der Waals surface area contributed by atoms with Gasteiger partial charge < -0.3 is 4.74 Å². The van der Waals surface area contributed by atoms with Crippen LogP contribution < -0.4 is 0 Å². The zero-order valence-electron chi connectivity index (χ0n) is 18.9. The number of allylic oxidation sites excluding steroid dienone is 2. The molecule has 172 valence electrons. The van der Waals surface area contributed by atoms with Crippen molar-refractivity contribution in [3.63, 3.8) is 0 Å². The van der Waals surface area contributed by atoms with Crippen LogP contribution in [0.3, 0.4) is 0 Å². The Morgan fingerprint density at radius 3 is 2.48 bits per heavy atom. The number of esters is 1. The highest BCUT2D eigenvalue weighted by Crippen LogP contribution is 2.40. The predicted molar refractivity (Wildman–Crippen MR) is 130 cm³/mol. The number of benzene rings is 2. The molecule has 1 heterocycles. The van der Waals surface area contributed by atoms with Gasteiger partial charge in [0, 0.05) is 29.1 Å². The van der Waals surface area contributed by atoms with Gasteiger partial charge in [0.15, 0.2) is 11.6 Å². The van der Waals surface area contributed by atoms with Crippen LogP contribution >= 0.6 is 0 Å². The monoisotopic (exact) mass is 482 g/mol. The highest BCUT2D eigenvalue weighted by molar-refractivity contribution is 8.31. The topological polar surface area (TPSA) is 77.5 Å². The van der Waals surface area contributed by atoms with E-state index in [1.165, 1.54) is 0 Å². The molecule has 0 N–H and O–H groups in total. The maximum atomic E-state index is 13.6. The lowest BCUT2D eigenvalue weighted by atomic mass is 9.79. The van der Waals surface area contributed by atoms with Crippen molar-refractivity contribution in [2.24, 2.45) is 0 Å². The summed E-state index contributed by atoms with van der Waals surface area (Å²) in [6, 6.07) is 12.2. The lowest BCUT2D eigenvalue weighted by Crippen LogP contribution is -2.29. The fourth-order valence-electron chi connectivity index (χ4n) is 4.47. The Balaban J connectivity index is 1.79. The molecule has 0 aromatic heterocycles. The molecular formula is C26H26O5S2. The molecule has 5 nitrogen and oxygen atoms in total. The molecule has 1 unspecified atom stereocenters. The minimum atomic E-state index is -0.584. The van der Waals surface area contributed by atoms with Gasteiger partial charge in [-0.15, -0.1) is 0 Å². The van der Waals surface area contributed by atoms with Crippen molar-refractivity contribution in [2.45, 2.75) is 56.8 Å². The van der Waals surface area contributed by atoms with Crippen molar-refractivity contribution in [3.8, 4) is 0 Å². The first-order valence-corrected chi connectivity index (χ1v) is 13.6. The van der Waals surface area contributed by atoms with Crippen LogP contribution in [0.15, 0.2) is 58.7 Å². The van der Waals surface area contributed by atoms with Gasteiger partial charge in [0.2, 0.25) is 0 Å². The van der Waals surface area contributed by atoms with E-state index in [1.807, 2.05) is 13.0 Å². The molecule has 0 radical (unpaired) electrons. The zero-order chi connectivity index (χ0) is 23.8. The van der Waals surface area contributed by atoms with Crippen LogP contribution in [0.5, 0.6) is 0 Å². The summed E-state index contributed by atoms with van der Waals surface area (Å²) in [5.41, 5.74) is 2.47. The number of fused-ring (bicyclic) bond motifs is 1. The van der Waals surface area contributed by atoms with Gasteiger partial charge in [-0.05, 0) is 48.4 Å². The van der Waals surface area contributed by atoms with Crippen molar-refractivity contribution in [1.82, 2.24) is 0 Å². The summed E-state index contributed by atoms with van der Waals surface area (Å²) < 4.78 is 17.5. The Bertz CT molecular complexity index is 1250. The van der Waals surface area contributed by atoms with Crippen molar-refractivity contribution < 1.29 is 23.3 Å². The lowest BCUT2D eigenvalue weighted by molar-refractivity contribution is -0.116. The molecule has 7 heteroatoms. The van der Waals surface area contributed by atoms with E-state index in [9.17, 15) is 18.6 Å². The molecule has 0 amide bonds. The van der Waals surface area contributed by atoms with E-state index in [0.717, 1.165) is 28.2 Å². The smallest absolute Gasteiger partial charge is 0.343 e. The van der Waals surface area contributed by atoms with E-state index in [0.29, 0.717) is 34.2 Å². The number of ether oxygens (including phenoxy) is 1. The maximum Gasteiger partial charge on any atom is 0.343 e. The SMILES string of the molecule is Cc1c(C(=O)C2=C(OC(=O)c3ccccc3)CCCC2=O)ccc2c1S(=S=O)CCC2(C)C. The molecule has 1 aliphatic heterocycles. The first-order valence-electron chi connectivity index (χ1n) is 11.0. The van der Waals surface area contributed by atoms with Crippen LogP contribution in [-0.2, 0) is 34.6 Å². The van der Waals surface area contributed by atoms with Gasteiger partial charge in [-0.1, -0.05) is 53.6 Å². The van der Waals surface area contributed by atoms with Crippen LogP contribution in [0, 0.1) is 6.92 Å². The zero-order valence-corrected chi connectivity index (χ0v) is 20.6. The van der Waals surface area contributed by atoms with Gasteiger partial charge in [-0.3, -0.25) is 9.59 Å². The lowest BCUT2D eigenvalue weighted by Gasteiger charge is -2.34. The summed E-state index contributed by atoms with van der Waals surface area (Å²) in [5.74, 6) is -0.414. The first-order chi connectivity index (χ1) is 15.7. The number of ketones is 2. The van der Waals surface area contributed by atoms with Crippen LogP contribution in [-0.4, -0.2) is 27.5 Å². The van der Waals surface area contributed by atoms with Crippen LogP contribution in [0.4, 0.5) is 0 Å². The largest absolute Gasteiger partial charge is 0.427 e. The van der Waals surface area contributed by atoms with Crippen LogP contribution in [0.1, 0.15) is 71.4 Å². The molecule has 0 fully saturated rings. The fraction of sp³-hybridized carbons (Fsp3) is 0.346. The second kappa shape index (κ2) is 9.31. The average molecular weight is 483 g/mol. The number of Topliss-reactive ketones (excluding diaryl/α,β-unsaturated/α-hetero) is 2. The van der Waals surface area contributed by atoms with Gasteiger partial charge in [-0.25, -0.2) is 9.00 Å². The second-order valence-electron chi connectivity index (χ2n) is 9.03. The summed E-state index contributed by atoms with van der Waals surface area (Å²) in [4.78, 5) is 40.0. The van der Waals surface area contributed by atoms with Gasteiger partial charge in [0.25, 0.3) is 0 Å². The van der Waals surface area contributed by atoms with Crippen molar-refractivity contribution in [1.29, 1.82) is 0 Å². The number of carbonyl (C=O) groups is 3. The number of carbonyl (C=O) groups excluding carboxylic acids is 3. The standard InChI is InChI=1S/C26H26O5S2/c1-16-18(12-13-19-24(16)33(32-30)15-14-26(19,2)3)23(28)22-20(27)10-7-11-21(22)31-25(29)17-8-5-4-6-9-17/h4-6,8-9,12-13H,7,10-11,14-15H2,1-3H3. The normalized spacial score (nSPS) is 19.6. The van der Waals surface area contributed by atoms with Crippen LogP contribution in [0.25, 0.3) is 0 Å². The Hall–Kier alpha value is -2.64. The van der Waals surface area contributed by atoms with Crippen LogP contribution in [0.2, 0.25) is 0 Å². The van der Waals surface area contributed by atoms with Gasteiger partial charge in [-0.2, -0.15) is 0 Å². The first kappa shape index (κ1) is 23.5. The number of hydrogen-bond acceptors (Lipinski definition) is 5. The van der Waals surface area contributed by atoms with Gasteiger partial charge in [0.05, 0.1) is 5.56 Å². The predicted octanol–water partition coefficient (Wildman–Crippen LogP) is 4.83. The number of rotatable bonds is 4. The van der Waals surface area contributed by atoms with Crippen molar-refractivity contribution >= 4 is 37.2 Å². The minimum Gasteiger partial charge on any atom is -0.427 e.